The first-order chi connectivity index (χ1) is 10.3. The predicted octanol–water partition coefficient (Wildman–Crippen LogP) is 1.65. The van der Waals surface area contributed by atoms with Crippen molar-refractivity contribution in [2.24, 2.45) is 0 Å². The summed E-state index contributed by atoms with van der Waals surface area (Å²) in [5, 5.41) is 2.61. The molecule has 3 rings (SSSR count). The number of esters is 1. The van der Waals surface area contributed by atoms with Crippen LogP contribution in [-0.2, 0) is 4.74 Å². The summed E-state index contributed by atoms with van der Waals surface area (Å²) in [6.45, 7) is 3.52. The minimum atomic E-state index is -0.385. The first-order valence-corrected chi connectivity index (χ1v) is 7.60. The molecule has 21 heavy (non-hydrogen) atoms. The first-order valence-electron chi connectivity index (χ1n) is 6.72. The van der Waals surface area contributed by atoms with Crippen molar-refractivity contribution >= 4 is 28.3 Å². The van der Waals surface area contributed by atoms with Crippen LogP contribution in [-0.4, -0.2) is 49.2 Å². The number of hydrogen-bond acceptors (Lipinski definition) is 7. The summed E-state index contributed by atoms with van der Waals surface area (Å²) < 4.78 is 4.68. The number of hydrogen-bond donors (Lipinski definition) is 0. The zero-order chi connectivity index (χ0) is 14.7. The number of nitrogens with zero attached hydrogens (tertiary/aromatic N) is 4. The highest BCUT2D eigenvalue weighted by molar-refractivity contribution is 7.13. The molecule has 0 aromatic carbocycles. The lowest BCUT2D eigenvalue weighted by molar-refractivity contribution is 0.0595. The SMILES string of the molecule is COC(=O)c1csc(N2CCN(c3ccccn3)CC2)n1. The van der Waals surface area contributed by atoms with Crippen molar-refractivity contribution in [3.63, 3.8) is 0 Å². The van der Waals surface area contributed by atoms with E-state index in [4.69, 9.17) is 0 Å². The zero-order valence-electron chi connectivity index (χ0n) is 11.7. The van der Waals surface area contributed by atoms with E-state index in [9.17, 15) is 4.79 Å². The molecule has 0 saturated carbocycles. The second kappa shape index (κ2) is 6.09. The van der Waals surface area contributed by atoms with E-state index in [1.165, 1.54) is 18.4 Å². The molecule has 6 nitrogen and oxygen atoms in total. The summed E-state index contributed by atoms with van der Waals surface area (Å²) in [6.07, 6.45) is 1.81. The van der Waals surface area contributed by atoms with Crippen LogP contribution in [0.1, 0.15) is 10.5 Å². The molecule has 2 aromatic rings. The number of anilines is 2. The van der Waals surface area contributed by atoms with Gasteiger partial charge in [0.1, 0.15) is 5.82 Å². The lowest BCUT2D eigenvalue weighted by Crippen LogP contribution is -2.46. The van der Waals surface area contributed by atoms with Crippen LogP contribution in [0.5, 0.6) is 0 Å². The number of thiazole rings is 1. The Morgan fingerprint density at radius 2 is 2.00 bits per heavy atom. The normalized spacial score (nSPS) is 15.1. The molecule has 0 aliphatic carbocycles. The van der Waals surface area contributed by atoms with Crippen molar-refractivity contribution in [3.8, 4) is 0 Å². The van der Waals surface area contributed by atoms with Crippen molar-refractivity contribution in [2.75, 3.05) is 43.1 Å². The molecule has 2 aromatic heterocycles. The van der Waals surface area contributed by atoms with Gasteiger partial charge in [0.25, 0.3) is 0 Å². The molecule has 0 amide bonds. The summed E-state index contributed by atoms with van der Waals surface area (Å²) >= 11 is 1.48. The van der Waals surface area contributed by atoms with E-state index >= 15 is 0 Å². The Labute approximate surface area is 127 Å². The zero-order valence-corrected chi connectivity index (χ0v) is 12.5. The van der Waals surface area contributed by atoms with E-state index in [1.54, 1.807) is 5.38 Å². The van der Waals surface area contributed by atoms with Gasteiger partial charge in [0.05, 0.1) is 7.11 Å². The Morgan fingerprint density at radius 1 is 1.24 bits per heavy atom. The topological polar surface area (TPSA) is 58.6 Å². The van der Waals surface area contributed by atoms with Gasteiger partial charge in [0.2, 0.25) is 0 Å². The molecule has 0 N–H and O–H groups in total. The van der Waals surface area contributed by atoms with Gasteiger partial charge >= 0.3 is 5.97 Å². The van der Waals surface area contributed by atoms with E-state index in [0.29, 0.717) is 5.69 Å². The Morgan fingerprint density at radius 3 is 2.67 bits per heavy atom. The Bertz CT molecular complexity index is 608. The van der Waals surface area contributed by atoms with Gasteiger partial charge in [-0.3, -0.25) is 0 Å². The van der Waals surface area contributed by atoms with Crippen LogP contribution in [0.15, 0.2) is 29.8 Å². The van der Waals surface area contributed by atoms with Crippen LogP contribution in [0.4, 0.5) is 10.9 Å². The van der Waals surface area contributed by atoms with Gasteiger partial charge in [-0.1, -0.05) is 6.07 Å². The number of ether oxygens (including phenoxy) is 1. The molecule has 0 bridgehead atoms. The standard InChI is InChI=1S/C14H16N4O2S/c1-20-13(19)11-10-21-14(16-11)18-8-6-17(7-9-18)12-4-2-3-5-15-12/h2-5,10H,6-9H2,1H3. The van der Waals surface area contributed by atoms with E-state index in [0.717, 1.165) is 37.1 Å². The van der Waals surface area contributed by atoms with Gasteiger partial charge in [-0.15, -0.1) is 11.3 Å². The van der Waals surface area contributed by atoms with Gasteiger partial charge in [0.15, 0.2) is 10.8 Å². The van der Waals surface area contributed by atoms with E-state index in [1.807, 2.05) is 24.4 Å². The fourth-order valence-corrected chi connectivity index (χ4v) is 3.12. The minimum absolute atomic E-state index is 0.379. The summed E-state index contributed by atoms with van der Waals surface area (Å²) in [5.74, 6) is 0.621. The monoisotopic (exact) mass is 304 g/mol. The highest BCUT2D eigenvalue weighted by atomic mass is 32.1. The van der Waals surface area contributed by atoms with Crippen molar-refractivity contribution < 1.29 is 9.53 Å². The van der Waals surface area contributed by atoms with Crippen LogP contribution in [0.2, 0.25) is 0 Å². The number of carbonyl (C=O) groups excluding carboxylic acids is 1. The summed E-state index contributed by atoms with van der Waals surface area (Å²) in [6, 6.07) is 5.94. The Balaban J connectivity index is 1.63. The molecular weight excluding hydrogens is 288 g/mol. The van der Waals surface area contributed by atoms with Crippen molar-refractivity contribution in [3.05, 3.63) is 35.5 Å². The second-order valence-electron chi connectivity index (χ2n) is 4.67. The Hall–Kier alpha value is -2.15. The molecule has 110 valence electrons. The van der Waals surface area contributed by atoms with Crippen LogP contribution in [0.25, 0.3) is 0 Å². The maximum absolute atomic E-state index is 11.4. The van der Waals surface area contributed by atoms with Crippen LogP contribution >= 0.6 is 11.3 Å². The third kappa shape index (κ3) is 2.97. The fraction of sp³-hybridized carbons (Fsp3) is 0.357. The van der Waals surface area contributed by atoms with E-state index in [-0.39, 0.29) is 5.97 Å². The molecule has 0 radical (unpaired) electrons. The van der Waals surface area contributed by atoms with Crippen molar-refractivity contribution in [1.82, 2.24) is 9.97 Å². The fourth-order valence-electron chi connectivity index (χ4n) is 2.28. The molecule has 0 unspecified atom stereocenters. The number of carbonyl (C=O) groups is 1. The van der Waals surface area contributed by atoms with Crippen LogP contribution in [0.3, 0.4) is 0 Å². The number of piperazine rings is 1. The Kier molecular flexibility index (Phi) is 4.01. The van der Waals surface area contributed by atoms with Gasteiger partial charge in [-0.2, -0.15) is 0 Å². The largest absolute Gasteiger partial charge is 0.464 e. The number of aromatic nitrogens is 2. The van der Waals surface area contributed by atoms with Crippen LogP contribution < -0.4 is 9.80 Å². The molecule has 0 atom stereocenters. The summed E-state index contributed by atoms with van der Waals surface area (Å²) in [5.41, 5.74) is 0.379. The van der Waals surface area contributed by atoms with Gasteiger partial charge in [-0.05, 0) is 12.1 Å². The molecule has 1 fully saturated rings. The number of methoxy groups -OCH3 is 1. The third-order valence-corrected chi connectivity index (χ3v) is 4.31. The molecule has 1 aliphatic rings. The average Bonchev–Trinajstić information content (AvgIpc) is 3.05. The van der Waals surface area contributed by atoms with E-state index < -0.39 is 0 Å². The third-order valence-electron chi connectivity index (χ3n) is 3.41. The summed E-state index contributed by atoms with van der Waals surface area (Å²) in [4.78, 5) is 24.6. The molecule has 3 heterocycles. The number of rotatable bonds is 3. The van der Waals surface area contributed by atoms with Crippen molar-refractivity contribution in [2.45, 2.75) is 0 Å². The smallest absolute Gasteiger partial charge is 0.357 e. The quantitative estimate of drug-likeness (QED) is 0.804. The maximum atomic E-state index is 11.4. The average molecular weight is 304 g/mol. The summed E-state index contributed by atoms with van der Waals surface area (Å²) in [7, 11) is 1.37. The highest BCUT2D eigenvalue weighted by Gasteiger charge is 2.21. The molecule has 7 heteroatoms. The van der Waals surface area contributed by atoms with Gasteiger partial charge in [0, 0.05) is 37.8 Å². The second-order valence-corrected chi connectivity index (χ2v) is 5.51. The first kappa shape index (κ1) is 13.8. The van der Waals surface area contributed by atoms with Crippen LogP contribution in [0, 0.1) is 0 Å². The highest BCUT2D eigenvalue weighted by Crippen LogP contribution is 2.23. The minimum Gasteiger partial charge on any atom is -0.464 e. The predicted molar refractivity (Wildman–Crippen MR) is 82.1 cm³/mol. The van der Waals surface area contributed by atoms with Crippen molar-refractivity contribution in [1.29, 1.82) is 0 Å². The molecular formula is C14H16N4O2S. The molecule has 0 spiro atoms. The number of pyridine rings is 1. The lowest BCUT2D eigenvalue weighted by atomic mass is 10.3. The molecule has 1 aliphatic heterocycles. The maximum Gasteiger partial charge on any atom is 0.357 e. The van der Waals surface area contributed by atoms with Gasteiger partial charge in [-0.25, -0.2) is 14.8 Å². The molecule has 1 saturated heterocycles. The lowest BCUT2D eigenvalue weighted by Gasteiger charge is -2.35. The van der Waals surface area contributed by atoms with E-state index in [2.05, 4.69) is 24.5 Å². The van der Waals surface area contributed by atoms with Gasteiger partial charge < -0.3 is 14.5 Å².